The molecule has 0 radical (unpaired) electrons. The quantitative estimate of drug-likeness (QED) is 0.709. The highest BCUT2D eigenvalue weighted by Gasteiger charge is 2.28. The van der Waals surface area contributed by atoms with Gasteiger partial charge in [0.1, 0.15) is 4.90 Å². The summed E-state index contributed by atoms with van der Waals surface area (Å²) in [6.45, 7) is 1.75. The van der Waals surface area contributed by atoms with Gasteiger partial charge in [0.25, 0.3) is 0 Å². The van der Waals surface area contributed by atoms with Gasteiger partial charge in [-0.25, -0.2) is 17.9 Å². The van der Waals surface area contributed by atoms with Gasteiger partial charge < -0.3 is 4.74 Å². The first-order valence-electron chi connectivity index (χ1n) is 4.57. The molecule has 0 aromatic carbocycles. The number of nitrogens with zero attached hydrogens (tertiary/aromatic N) is 1. The largest absolute Gasteiger partial charge is 0.464 e. The van der Waals surface area contributed by atoms with Crippen molar-refractivity contribution < 1.29 is 17.9 Å². The molecule has 0 saturated heterocycles. The van der Waals surface area contributed by atoms with Crippen molar-refractivity contribution in [1.82, 2.24) is 14.9 Å². The molecule has 0 aliphatic heterocycles. The number of H-pyrrole nitrogens is 1. The summed E-state index contributed by atoms with van der Waals surface area (Å²) >= 11 is 0. The van der Waals surface area contributed by atoms with Crippen molar-refractivity contribution in [2.24, 2.45) is 0 Å². The molecule has 1 rings (SSSR count). The summed E-state index contributed by atoms with van der Waals surface area (Å²) in [6, 6.07) is 0. The van der Waals surface area contributed by atoms with Gasteiger partial charge in [0.15, 0.2) is 5.69 Å². The molecule has 0 amide bonds. The van der Waals surface area contributed by atoms with Crippen molar-refractivity contribution >= 4 is 16.0 Å². The second-order valence-corrected chi connectivity index (χ2v) is 4.76. The van der Waals surface area contributed by atoms with Crippen molar-refractivity contribution in [3.8, 4) is 0 Å². The van der Waals surface area contributed by atoms with Crippen molar-refractivity contribution in [2.75, 3.05) is 14.2 Å². The second kappa shape index (κ2) is 4.62. The van der Waals surface area contributed by atoms with Crippen LogP contribution in [0, 0.1) is 0 Å². The first kappa shape index (κ1) is 12.7. The van der Waals surface area contributed by atoms with E-state index in [9.17, 15) is 13.2 Å². The van der Waals surface area contributed by atoms with E-state index in [1.54, 1.807) is 6.92 Å². The van der Waals surface area contributed by atoms with Gasteiger partial charge in [-0.1, -0.05) is 6.92 Å². The molecule has 0 unspecified atom stereocenters. The lowest BCUT2D eigenvalue weighted by molar-refractivity contribution is 0.0589. The summed E-state index contributed by atoms with van der Waals surface area (Å²) < 4.78 is 30.0. The SMILES string of the molecule is CCc1[nH]nc(C(=O)OC)c1S(=O)(=O)NC. The Balaban J connectivity index is 3.44. The number of aromatic amines is 1. The summed E-state index contributed by atoms with van der Waals surface area (Å²) in [6.07, 6.45) is 0.417. The molecule has 16 heavy (non-hydrogen) atoms. The highest BCUT2D eigenvalue weighted by molar-refractivity contribution is 7.89. The van der Waals surface area contributed by atoms with Crippen LogP contribution in [0.25, 0.3) is 0 Å². The van der Waals surface area contributed by atoms with Gasteiger partial charge in [-0.15, -0.1) is 0 Å². The zero-order chi connectivity index (χ0) is 12.3. The Kier molecular flexibility index (Phi) is 3.66. The predicted octanol–water partition coefficient (Wildman–Crippen LogP) is -0.333. The maximum atomic E-state index is 11.7. The van der Waals surface area contributed by atoms with Crippen LogP contribution in [0.5, 0.6) is 0 Å². The van der Waals surface area contributed by atoms with E-state index < -0.39 is 16.0 Å². The van der Waals surface area contributed by atoms with Crippen LogP contribution >= 0.6 is 0 Å². The van der Waals surface area contributed by atoms with Crippen LogP contribution in [0.3, 0.4) is 0 Å². The summed E-state index contributed by atoms with van der Waals surface area (Å²) in [5.41, 5.74) is 0.142. The molecule has 0 aliphatic carbocycles. The number of hydrogen-bond acceptors (Lipinski definition) is 5. The molecule has 0 fully saturated rings. The Hall–Kier alpha value is -1.41. The van der Waals surface area contributed by atoms with Crippen molar-refractivity contribution in [1.29, 1.82) is 0 Å². The Labute approximate surface area is 93.2 Å². The molecular weight excluding hydrogens is 234 g/mol. The van der Waals surface area contributed by atoms with Crippen LogP contribution in [-0.2, 0) is 21.2 Å². The molecular formula is C8H13N3O4S. The van der Waals surface area contributed by atoms with Crippen LogP contribution in [0.15, 0.2) is 4.90 Å². The Morgan fingerprint density at radius 2 is 2.19 bits per heavy atom. The number of hydrogen-bond donors (Lipinski definition) is 2. The molecule has 8 heteroatoms. The van der Waals surface area contributed by atoms with Crippen LogP contribution < -0.4 is 4.72 Å². The van der Waals surface area contributed by atoms with Crippen LogP contribution in [0.4, 0.5) is 0 Å². The van der Waals surface area contributed by atoms with Crippen molar-refractivity contribution in [2.45, 2.75) is 18.2 Å². The standard InChI is InChI=1S/C8H13N3O4S/c1-4-5-7(16(13,14)9-2)6(11-10-5)8(12)15-3/h9H,4H2,1-3H3,(H,10,11). The molecule has 0 atom stereocenters. The van der Waals surface area contributed by atoms with Crippen molar-refractivity contribution in [3.63, 3.8) is 0 Å². The third kappa shape index (κ3) is 2.07. The number of aromatic nitrogens is 2. The summed E-state index contributed by atoms with van der Waals surface area (Å²) in [5.74, 6) is -0.787. The summed E-state index contributed by atoms with van der Waals surface area (Å²) in [7, 11) is -1.30. The molecule has 1 aromatic rings. The number of sulfonamides is 1. The minimum atomic E-state index is -3.73. The van der Waals surface area contributed by atoms with Crippen LogP contribution in [0.1, 0.15) is 23.1 Å². The van der Waals surface area contributed by atoms with E-state index in [0.29, 0.717) is 12.1 Å². The van der Waals surface area contributed by atoms with Crippen LogP contribution in [-0.4, -0.2) is 38.7 Å². The summed E-state index contributed by atoms with van der Waals surface area (Å²) in [4.78, 5) is 11.2. The molecule has 90 valence electrons. The highest BCUT2D eigenvalue weighted by Crippen LogP contribution is 2.19. The van der Waals surface area contributed by atoms with E-state index in [2.05, 4.69) is 19.7 Å². The lowest BCUT2D eigenvalue weighted by Gasteiger charge is -2.03. The first-order chi connectivity index (χ1) is 7.47. The molecule has 7 nitrogen and oxygen atoms in total. The fourth-order valence-electron chi connectivity index (χ4n) is 1.23. The zero-order valence-electron chi connectivity index (χ0n) is 9.20. The lowest BCUT2D eigenvalue weighted by Crippen LogP contribution is -2.22. The maximum absolute atomic E-state index is 11.7. The normalized spacial score (nSPS) is 11.4. The van der Waals surface area contributed by atoms with E-state index in [-0.39, 0.29) is 10.6 Å². The Morgan fingerprint density at radius 1 is 1.56 bits per heavy atom. The summed E-state index contributed by atoms with van der Waals surface area (Å²) in [5, 5.41) is 6.16. The fraction of sp³-hybridized carbons (Fsp3) is 0.500. The van der Waals surface area contributed by atoms with Gasteiger partial charge >= 0.3 is 5.97 Å². The highest BCUT2D eigenvalue weighted by atomic mass is 32.2. The first-order valence-corrected chi connectivity index (χ1v) is 6.05. The van der Waals surface area contributed by atoms with Gasteiger partial charge in [-0.3, -0.25) is 5.10 Å². The molecule has 0 spiro atoms. The number of carbonyl (C=O) groups is 1. The molecule has 0 saturated carbocycles. The predicted molar refractivity (Wildman–Crippen MR) is 55.6 cm³/mol. The van der Waals surface area contributed by atoms with E-state index in [0.717, 1.165) is 0 Å². The topological polar surface area (TPSA) is 101 Å². The maximum Gasteiger partial charge on any atom is 0.360 e. The van der Waals surface area contributed by atoms with Gasteiger partial charge in [0.05, 0.1) is 12.8 Å². The zero-order valence-corrected chi connectivity index (χ0v) is 10.0. The van der Waals surface area contributed by atoms with Gasteiger partial charge in [-0.05, 0) is 13.5 Å². The lowest BCUT2D eigenvalue weighted by atomic mass is 10.3. The molecule has 1 heterocycles. The monoisotopic (exact) mass is 247 g/mol. The molecule has 0 bridgehead atoms. The molecule has 1 aromatic heterocycles. The second-order valence-electron chi connectivity index (χ2n) is 2.93. The number of rotatable bonds is 4. The molecule has 2 N–H and O–H groups in total. The van der Waals surface area contributed by atoms with E-state index in [1.165, 1.54) is 14.2 Å². The number of ether oxygens (including phenoxy) is 1. The number of nitrogens with one attached hydrogen (secondary N) is 2. The number of methoxy groups -OCH3 is 1. The fourth-order valence-corrected chi connectivity index (χ4v) is 2.34. The van der Waals surface area contributed by atoms with Crippen LogP contribution in [0.2, 0.25) is 0 Å². The van der Waals surface area contributed by atoms with Gasteiger partial charge in [0.2, 0.25) is 10.0 Å². The Bertz CT molecular complexity index is 491. The number of carbonyl (C=O) groups excluding carboxylic acids is 1. The average molecular weight is 247 g/mol. The minimum Gasteiger partial charge on any atom is -0.464 e. The van der Waals surface area contributed by atoms with Gasteiger partial charge in [0, 0.05) is 0 Å². The minimum absolute atomic E-state index is 0.149. The third-order valence-corrected chi connectivity index (χ3v) is 3.58. The number of aryl methyl sites for hydroxylation is 1. The van der Waals surface area contributed by atoms with E-state index in [1.807, 2.05) is 0 Å². The van der Waals surface area contributed by atoms with E-state index >= 15 is 0 Å². The average Bonchev–Trinajstić information content (AvgIpc) is 2.72. The molecule has 0 aliphatic rings. The third-order valence-electron chi connectivity index (χ3n) is 2.06. The smallest absolute Gasteiger partial charge is 0.360 e. The van der Waals surface area contributed by atoms with Gasteiger partial charge in [-0.2, -0.15) is 5.10 Å². The number of esters is 1. The van der Waals surface area contributed by atoms with E-state index in [4.69, 9.17) is 0 Å². The Morgan fingerprint density at radius 3 is 2.62 bits per heavy atom. The van der Waals surface area contributed by atoms with Crippen molar-refractivity contribution in [3.05, 3.63) is 11.4 Å².